The van der Waals surface area contributed by atoms with Crippen LogP contribution >= 0.6 is 0 Å². The lowest BCUT2D eigenvalue weighted by atomic mass is 9.92. The maximum absolute atomic E-state index is 11.7. The maximum atomic E-state index is 11.7. The Morgan fingerprint density at radius 3 is 2.69 bits per heavy atom. The number of likely N-dealkylation sites (N-methyl/N-ethyl adjacent to an activating group) is 1. The van der Waals surface area contributed by atoms with Gasteiger partial charge in [0.25, 0.3) is 0 Å². The zero-order valence-corrected chi connectivity index (χ0v) is 9.72. The fourth-order valence-electron chi connectivity index (χ4n) is 2.46. The Bertz CT molecular complexity index is 363. The molecule has 16 heavy (non-hydrogen) atoms. The van der Waals surface area contributed by atoms with Crippen LogP contribution in [0.5, 0.6) is 0 Å². The van der Waals surface area contributed by atoms with E-state index in [9.17, 15) is 4.79 Å². The van der Waals surface area contributed by atoms with Gasteiger partial charge < -0.3 is 4.74 Å². The molecule has 1 aromatic carbocycles. The quantitative estimate of drug-likeness (QED) is 0.708. The van der Waals surface area contributed by atoms with Crippen LogP contribution in [0.2, 0.25) is 0 Å². The fourth-order valence-corrected chi connectivity index (χ4v) is 2.46. The molecule has 3 nitrogen and oxygen atoms in total. The first-order valence-electron chi connectivity index (χ1n) is 5.57. The molecule has 2 rings (SSSR count). The molecule has 1 aliphatic rings. The van der Waals surface area contributed by atoms with Gasteiger partial charge in [-0.1, -0.05) is 30.3 Å². The minimum absolute atomic E-state index is 0.131. The van der Waals surface area contributed by atoms with E-state index in [0.29, 0.717) is 0 Å². The average Bonchev–Trinajstić information content (AvgIpc) is 2.71. The van der Waals surface area contributed by atoms with Gasteiger partial charge in [0, 0.05) is 5.92 Å². The van der Waals surface area contributed by atoms with Gasteiger partial charge in [0.15, 0.2) is 0 Å². The van der Waals surface area contributed by atoms with Gasteiger partial charge in [-0.2, -0.15) is 0 Å². The molecule has 0 aliphatic carbocycles. The number of hydrogen-bond acceptors (Lipinski definition) is 3. The number of carbonyl (C=O) groups is 1. The van der Waals surface area contributed by atoms with Gasteiger partial charge in [0.05, 0.1) is 7.11 Å². The lowest BCUT2D eigenvalue weighted by Gasteiger charge is -2.22. The third-order valence-corrected chi connectivity index (χ3v) is 3.32. The number of carbonyl (C=O) groups excluding carboxylic acids is 1. The smallest absolute Gasteiger partial charge is 0.323 e. The van der Waals surface area contributed by atoms with Crippen LogP contribution in [0, 0.1) is 0 Å². The Morgan fingerprint density at radius 1 is 1.38 bits per heavy atom. The van der Waals surface area contributed by atoms with E-state index in [2.05, 4.69) is 17.0 Å². The van der Waals surface area contributed by atoms with E-state index in [4.69, 9.17) is 4.74 Å². The molecule has 0 spiro atoms. The Hall–Kier alpha value is -1.35. The number of esters is 1. The van der Waals surface area contributed by atoms with Gasteiger partial charge >= 0.3 is 5.97 Å². The van der Waals surface area contributed by atoms with Gasteiger partial charge in [-0.05, 0) is 25.6 Å². The number of likely N-dealkylation sites (tertiary alicyclic amines) is 1. The Kier molecular flexibility index (Phi) is 3.25. The van der Waals surface area contributed by atoms with E-state index < -0.39 is 0 Å². The molecule has 1 heterocycles. The minimum atomic E-state index is -0.132. The molecular formula is C13H17NO2. The average molecular weight is 219 g/mol. The molecule has 0 amide bonds. The summed E-state index contributed by atoms with van der Waals surface area (Å²) in [5.74, 6) is 0.132. The molecule has 0 bridgehead atoms. The van der Waals surface area contributed by atoms with Gasteiger partial charge in [-0.15, -0.1) is 0 Å². The Labute approximate surface area is 96.0 Å². The fraction of sp³-hybridized carbons (Fsp3) is 0.462. The molecule has 0 radical (unpaired) electrons. The molecule has 1 aromatic rings. The topological polar surface area (TPSA) is 29.5 Å². The molecule has 1 fully saturated rings. The van der Waals surface area contributed by atoms with Gasteiger partial charge in [-0.25, -0.2) is 0 Å². The largest absolute Gasteiger partial charge is 0.468 e. The first-order valence-corrected chi connectivity index (χ1v) is 5.57. The lowest BCUT2D eigenvalue weighted by molar-refractivity contribution is -0.145. The number of ether oxygens (including phenoxy) is 1. The number of hydrogen-bond donors (Lipinski definition) is 0. The first-order chi connectivity index (χ1) is 7.74. The van der Waals surface area contributed by atoms with E-state index >= 15 is 0 Å². The summed E-state index contributed by atoms with van der Waals surface area (Å²) in [6, 6.07) is 10.1. The number of methoxy groups -OCH3 is 1. The summed E-state index contributed by atoms with van der Waals surface area (Å²) >= 11 is 0. The first kappa shape index (κ1) is 11.1. The highest BCUT2D eigenvalue weighted by atomic mass is 16.5. The monoisotopic (exact) mass is 219 g/mol. The minimum Gasteiger partial charge on any atom is -0.468 e. The van der Waals surface area contributed by atoms with E-state index in [1.807, 2.05) is 25.2 Å². The third kappa shape index (κ3) is 1.95. The zero-order chi connectivity index (χ0) is 11.5. The molecule has 2 unspecified atom stereocenters. The molecule has 0 aromatic heterocycles. The molecule has 2 atom stereocenters. The van der Waals surface area contributed by atoms with Crippen LogP contribution in [-0.2, 0) is 9.53 Å². The van der Waals surface area contributed by atoms with Crippen LogP contribution in [0.1, 0.15) is 17.9 Å². The van der Waals surface area contributed by atoms with E-state index in [0.717, 1.165) is 13.0 Å². The second kappa shape index (κ2) is 4.66. The molecule has 0 saturated carbocycles. The predicted molar refractivity (Wildman–Crippen MR) is 62.2 cm³/mol. The highest BCUT2D eigenvalue weighted by Crippen LogP contribution is 2.32. The predicted octanol–water partition coefficient (Wildman–Crippen LogP) is 1.65. The van der Waals surface area contributed by atoms with Crippen molar-refractivity contribution >= 4 is 5.97 Å². The van der Waals surface area contributed by atoms with Crippen molar-refractivity contribution in [1.29, 1.82) is 0 Å². The van der Waals surface area contributed by atoms with Crippen LogP contribution < -0.4 is 0 Å². The summed E-state index contributed by atoms with van der Waals surface area (Å²) in [5, 5.41) is 0. The van der Waals surface area contributed by atoms with Crippen LogP contribution in [0.25, 0.3) is 0 Å². The zero-order valence-electron chi connectivity index (χ0n) is 9.72. The molecule has 0 N–H and O–H groups in total. The standard InChI is InChI=1S/C13H17NO2/c1-14-9-8-11(12(14)13(15)16-2)10-6-4-3-5-7-10/h3-7,11-12H,8-9H2,1-2H3. The second-order valence-corrected chi connectivity index (χ2v) is 4.25. The maximum Gasteiger partial charge on any atom is 0.323 e. The van der Waals surface area contributed by atoms with Crippen molar-refractivity contribution in [3.63, 3.8) is 0 Å². The number of benzene rings is 1. The summed E-state index contributed by atoms with van der Waals surface area (Å²) in [7, 11) is 3.43. The van der Waals surface area contributed by atoms with Gasteiger partial charge in [-0.3, -0.25) is 9.69 Å². The van der Waals surface area contributed by atoms with Crippen molar-refractivity contribution in [2.45, 2.75) is 18.4 Å². The molecule has 1 aliphatic heterocycles. The Morgan fingerprint density at radius 2 is 2.06 bits per heavy atom. The van der Waals surface area contributed by atoms with Crippen molar-refractivity contribution in [1.82, 2.24) is 4.90 Å². The normalized spacial score (nSPS) is 25.6. The summed E-state index contributed by atoms with van der Waals surface area (Å²) in [6.07, 6.45) is 1.01. The summed E-state index contributed by atoms with van der Waals surface area (Å²) in [4.78, 5) is 13.8. The SMILES string of the molecule is COC(=O)C1C(c2ccccc2)CCN1C. The van der Waals surface area contributed by atoms with Crippen molar-refractivity contribution in [3.8, 4) is 0 Å². The van der Waals surface area contributed by atoms with Gasteiger partial charge in [0.1, 0.15) is 6.04 Å². The molecule has 1 saturated heterocycles. The molecule has 3 heteroatoms. The summed E-state index contributed by atoms with van der Waals surface area (Å²) < 4.78 is 4.88. The third-order valence-electron chi connectivity index (χ3n) is 3.32. The van der Waals surface area contributed by atoms with Crippen LogP contribution in [-0.4, -0.2) is 37.6 Å². The van der Waals surface area contributed by atoms with Crippen molar-refractivity contribution in [2.24, 2.45) is 0 Å². The van der Waals surface area contributed by atoms with Crippen molar-refractivity contribution < 1.29 is 9.53 Å². The van der Waals surface area contributed by atoms with Crippen molar-refractivity contribution in [3.05, 3.63) is 35.9 Å². The van der Waals surface area contributed by atoms with E-state index in [-0.39, 0.29) is 17.9 Å². The van der Waals surface area contributed by atoms with Crippen molar-refractivity contribution in [2.75, 3.05) is 20.7 Å². The highest BCUT2D eigenvalue weighted by molar-refractivity contribution is 5.77. The molecular weight excluding hydrogens is 202 g/mol. The number of rotatable bonds is 2. The summed E-state index contributed by atoms with van der Waals surface area (Å²) in [5.41, 5.74) is 1.22. The summed E-state index contributed by atoms with van der Waals surface area (Å²) in [6.45, 7) is 0.944. The van der Waals surface area contributed by atoms with Gasteiger partial charge in [0.2, 0.25) is 0 Å². The number of nitrogens with zero attached hydrogens (tertiary/aromatic N) is 1. The highest BCUT2D eigenvalue weighted by Gasteiger charge is 2.38. The Balaban J connectivity index is 2.24. The van der Waals surface area contributed by atoms with E-state index in [1.54, 1.807) is 0 Å². The van der Waals surface area contributed by atoms with E-state index in [1.165, 1.54) is 12.7 Å². The van der Waals surface area contributed by atoms with Crippen LogP contribution in [0.15, 0.2) is 30.3 Å². The van der Waals surface area contributed by atoms with Crippen LogP contribution in [0.4, 0.5) is 0 Å². The van der Waals surface area contributed by atoms with Crippen LogP contribution in [0.3, 0.4) is 0 Å². The molecule has 86 valence electrons. The second-order valence-electron chi connectivity index (χ2n) is 4.25. The lowest BCUT2D eigenvalue weighted by Crippen LogP contribution is -2.37.